The molecule has 0 unspecified atom stereocenters. The van der Waals surface area contributed by atoms with Crippen molar-refractivity contribution >= 4 is 16.8 Å². The van der Waals surface area contributed by atoms with Crippen LogP contribution < -0.4 is 5.32 Å². The van der Waals surface area contributed by atoms with Gasteiger partial charge in [-0.3, -0.25) is 4.79 Å². The van der Waals surface area contributed by atoms with E-state index >= 15 is 0 Å². The van der Waals surface area contributed by atoms with Gasteiger partial charge in [0, 0.05) is 24.2 Å². The molecule has 1 aromatic carbocycles. The summed E-state index contributed by atoms with van der Waals surface area (Å²) in [5, 5.41) is 4.37. The molecule has 2 aromatic rings. The first-order chi connectivity index (χ1) is 12.2. The number of nitrogens with zero attached hydrogens (tertiary/aromatic N) is 1. The Morgan fingerprint density at radius 3 is 2.88 bits per heavy atom. The van der Waals surface area contributed by atoms with Gasteiger partial charge < -0.3 is 15.2 Å². The van der Waals surface area contributed by atoms with E-state index in [0.717, 1.165) is 56.0 Å². The highest BCUT2D eigenvalue weighted by Gasteiger charge is 2.20. The quantitative estimate of drug-likeness (QED) is 0.895. The SMILES string of the molecule is CC1CCN(CCNC(=O)c2cccc3c4c([nH]c23)CCCC4)CC1. The maximum Gasteiger partial charge on any atom is 0.253 e. The van der Waals surface area contributed by atoms with Crippen LogP contribution in [0.4, 0.5) is 0 Å². The number of hydrogen-bond donors (Lipinski definition) is 2. The van der Waals surface area contributed by atoms with Gasteiger partial charge in [-0.1, -0.05) is 19.1 Å². The lowest BCUT2D eigenvalue weighted by Crippen LogP contribution is -2.39. The molecule has 0 spiro atoms. The third-order valence-corrected chi connectivity index (χ3v) is 5.97. The maximum absolute atomic E-state index is 12.7. The van der Waals surface area contributed by atoms with Gasteiger partial charge in [-0.2, -0.15) is 0 Å². The van der Waals surface area contributed by atoms with Crippen molar-refractivity contribution in [2.45, 2.75) is 45.4 Å². The molecule has 4 rings (SSSR count). The lowest BCUT2D eigenvalue weighted by molar-refractivity contribution is 0.0946. The van der Waals surface area contributed by atoms with Crippen molar-refractivity contribution in [1.29, 1.82) is 0 Å². The van der Waals surface area contributed by atoms with Crippen LogP contribution in [0.25, 0.3) is 10.9 Å². The number of carbonyl (C=O) groups excluding carboxylic acids is 1. The third kappa shape index (κ3) is 3.45. The summed E-state index contributed by atoms with van der Waals surface area (Å²) in [6.45, 7) is 6.33. The molecule has 2 aliphatic rings. The summed E-state index contributed by atoms with van der Waals surface area (Å²) in [5.74, 6) is 0.900. The number of aromatic nitrogens is 1. The van der Waals surface area contributed by atoms with Gasteiger partial charge in [0.25, 0.3) is 5.91 Å². The fourth-order valence-corrected chi connectivity index (χ4v) is 4.33. The first kappa shape index (κ1) is 16.6. The van der Waals surface area contributed by atoms with Gasteiger partial charge in [-0.25, -0.2) is 0 Å². The molecule has 0 radical (unpaired) electrons. The molecule has 1 saturated heterocycles. The monoisotopic (exact) mass is 339 g/mol. The predicted molar refractivity (Wildman–Crippen MR) is 102 cm³/mol. The molecule has 2 heterocycles. The van der Waals surface area contributed by atoms with Crippen LogP contribution in [0.2, 0.25) is 0 Å². The lowest BCUT2D eigenvalue weighted by atomic mass is 9.95. The average Bonchev–Trinajstić information content (AvgIpc) is 3.02. The minimum atomic E-state index is 0.0505. The van der Waals surface area contributed by atoms with Gasteiger partial charge in [-0.15, -0.1) is 0 Å². The van der Waals surface area contributed by atoms with Gasteiger partial charge in [0.2, 0.25) is 0 Å². The molecule has 134 valence electrons. The number of H-pyrrole nitrogens is 1. The lowest BCUT2D eigenvalue weighted by Gasteiger charge is -2.30. The van der Waals surface area contributed by atoms with Crippen LogP contribution in [-0.2, 0) is 12.8 Å². The molecule has 1 aliphatic heterocycles. The largest absolute Gasteiger partial charge is 0.358 e. The van der Waals surface area contributed by atoms with Gasteiger partial charge in [0.1, 0.15) is 0 Å². The van der Waals surface area contributed by atoms with E-state index < -0.39 is 0 Å². The molecule has 0 bridgehead atoms. The van der Waals surface area contributed by atoms with Gasteiger partial charge in [0.15, 0.2) is 0 Å². The van der Waals surface area contributed by atoms with E-state index in [0.29, 0.717) is 0 Å². The Hall–Kier alpha value is -1.81. The third-order valence-electron chi connectivity index (χ3n) is 5.97. The second kappa shape index (κ2) is 7.20. The minimum absolute atomic E-state index is 0.0505. The zero-order valence-electron chi connectivity index (χ0n) is 15.2. The van der Waals surface area contributed by atoms with E-state index in [4.69, 9.17) is 0 Å². The second-order valence-corrected chi connectivity index (χ2v) is 7.80. The molecule has 1 aliphatic carbocycles. The topological polar surface area (TPSA) is 48.1 Å². The summed E-state index contributed by atoms with van der Waals surface area (Å²) < 4.78 is 0. The molecule has 25 heavy (non-hydrogen) atoms. The van der Waals surface area contributed by atoms with Crippen molar-refractivity contribution in [3.8, 4) is 0 Å². The molecule has 4 heteroatoms. The number of aryl methyl sites for hydroxylation is 2. The molecular weight excluding hydrogens is 310 g/mol. The summed E-state index contributed by atoms with van der Waals surface area (Å²) in [6.07, 6.45) is 7.30. The maximum atomic E-state index is 12.7. The molecule has 0 saturated carbocycles. The van der Waals surface area contributed by atoms with E-state index in [1.807, 2.05) is 12.1 Å². The van der Waals surface area contributed by atoms with E-state index in [1.54, 1.807) is 0 Å². The fraction of sp³-hybridized carbons (Fsp3) is 0.571. The molecule has 1 amide bonds. The van der Waals surface area contributed by atoms with E-state index in [-0.39, 0.29) is 5.91 Å². The van der Waals surface area contributed by atoms with Crippen LogP contribution >= 0.6 is 0 Å². The number of amides is 1. The van der Waals surface area contributed by atoms with Crippen molar-refractivity contribution in [2.24, 2.45) is 5.92 Å². The Bertz CT molecular complexity index is 756. The molecule has 0 atom stereocenters. The number of para-hydroxylation sites is 1. The minimum Gasteiger partial charge on any atom is -0.358 e. The Labute approximate surface area is 150 Å². The molecule has 1 fully saturated rings. The number of rotatable bonds is 4. The van der Waals surface area contributed by atoms with Crippen LogP contribution in [-0.4, -0.2) is 42.0 Å². The number of nitrogens with one attached hydrogen (secondary N) is 2. The highest BCUT2D eigenvalue weighted by atomic mass is 16.1. The highest BCUT2D eigenvalue weighted by Crippen LogP contribution is 2.30. The number of likely N-dealkylation sites (tertiary alicyclic amines) is 1. The summed E-state index contributed by atoms with van der Waals surface area (Å²) in [4.78, 5) is 18.7. The standard InChI is InChI=1S/C21H29N3O/c1-15-9-12-24(13-10-15)14-11-22-21(25)18-7-4-6-17-16-5-2-3-8-19(16)23-20(17)18/h4,6-7,15,23H,2-3,5,8-14H2,1H3,(H,22,25). The number of carbonyl (C=O) groups is 1. The van der Waals surface area contributed by atoms with Gasteiger partial charge in [-0.05, 0) is 69.2 Å². The van der Waals surface area contributed by atoms with E-state index in [2.05, 4.69) is 28.2 Å². The Morgan fingerprint density at radius 2 is 2.04 bits per heavy atom. The van der Waals surface area contributed by atoms with Crippen LogP contribution in [0, 0.1) is 5.92 Å². The van der Waals surface area contributed by atoms with Gasteiger partial charge in [0.05, 0.1) is 11.1 Å². The van der Waals surface area contributed by atoms with E-state index in [1.165, 1.54) is 42.3 Å². The Morgan fingerprint density at radius 1 is 1.24 bits per heavy atom. The number of aromatic amines is 1. The number of piperidine rings is 1. The zero-order chi connectivity index (χ0) is 17.2. The van der Waals surface area contributed by atoms with Gasteiger partial charge >= 0.3 is 0 Å². The smallest absolute Gasteiger partial charge is 0.253 e. The van der Waals surface area contributed by atoms with Crippen molar-refractivity contribution in [3.63, 3.8) is 0 Å². The number of hydrogen-bond acceptors (Lipinski definition) is 2. The first-order valence-corrected chi connectivity index (χ1v) is 9.85. The Balaban J connectivity index is 1.42. The van der Waals surface area contributed by atoms with Crippen LogP contribution in [0.3, 0.4) is 0 Å². The van der Waals surface area contributed by atoms with Crippen LogP contribution in [0.1, 0.15) is 54.2 Å². The highest BCUT2D eigenvalue weighted by molar-refractivity contribution is 6.06. The van der Waals surface area contributed by atoms with Crippen molar-refractivity contribution in [2.75, 3.05) is 26.2 Å². The van der Waals surface area contributed by atoms with Crippen molar-refractivity contribution < 1.29 is 4.79 Å². The predicted octanol–water partition coefficient (Wildman–Crippen LogP) is 3.51. The average molecular weight is 339 g/mol. The van der Waals surface area contributed by atoms with Crippen molar-refractivity contribution in [3.05, 3.63) is 35.0 Å². The van der Waals surface area contributed by atoms with Crippen LogP contribution in [0.15, 0.2) is 18.2 Å². The van der Waals surface area contributed by atoms with E-state index in [9.17, 15) is 4.79 Å². The summed E-state index contributed by atoms with van der Waals surface area (Å²) in [5.41, 5.74) is 4.58. The second-order valence-electron chi connectivity index (χ2n) is 7.80. The molecule has 4 nitrogen and oxygen atoms in total. The number of benzene rings is 1. The fourth-order valence-electron chi connectivity index (χ4n) is 4.33. The number of fused-ring (bicyclic) bond motifs is 3. The van der Waals surface area contributed by atoms with Crippen molar-refractivity contribution in [1.82, 2.24) is 15.2 Å². The molecular formula is C21H29N3O. The zero-order valence-corrected chi connectivity index (χ0v) is 15.2. The molecule has 1 aromatic heterocycles. The first-order valence-electron chi connectivity index (χ1n) is 9.85. The normalized spacial score (nSPS) is 19.1. The van der Waals surface area contributed by atoms with Crippen LogP contribution in [0.5, 0.6) is 0 Å². The summed E-state index contributed by atoms with van der Waals surface area (Å²) in [6, 6.07) is 6.12. The summed E-state index contributed by atoms with van der Waals surface area (Å²) in [7, 11) is 0. The summed E-state index contributed by atoms with van der Waals surface area (Å²) >= 11 is 0. The Kier molecular flexibility index (Phi) is 4.80. The molecule has 2 N–H and O–H groups in total.